The summed E-state index contributed by atoms with van der Waals surface area (Å²) in [7, 11) is 0. The highest BCUT2D eigenvalue weighted by Crippen LogP contribution is 2.33. The molecule has 1 fully saturated rings. The number of hydrogen-bond donors (Lipinski definition) is 1. The van der Waals surface area contributed by atoms with Gasteiger partial charge in [-0.3, -0.25) is 4.90 Å². The van der Waals surface area contributed by atoms with Gasteiger partial charge in [-0.15, -0.1) is 0 Å². The van der Waals surface area contributed by atoms with Crippen LogP contribution in [0.3, 0.4) is 0 Å². The molecule has 1 aliphatic rings. The molecule has 1 heterocycles. The van der Waals surface area contributed by atoms with Crippen LogP contribution in [-0.4, -0.2) is 35.6 Å². The van der Waals surface area contributed by atoms with Crippen LogP contribution in [0.5, 0.6) is 0 Å². The number of nitrogens with one attached hydrogen (secondary N) is 1. The average Bonchev–Trinajstić information content (AvgIpc) is 2.47. The van der Waals surface area contributed by atoms with Gasteiger partial charge in [-0.1, -0.05) is 48.0 Å². The Labute approximate surface area is 127 Å². The Morgan fingerprint density at radius 3 is 2.05 bits per heavy atom. The van der Waals surface area contributed by atoms with E-state index in [4.69, 9.17) is 0 Å². The van der Waals surface area contributed by atoms with E-state index < -0.39 is 0 Å². The molecule has 0 saturated carbocycles. The van der Waals surface area contributed by atoms with Crippen molar-refractivity contribution >= 4 is 0 Å². The second-order valence-electron chi connectivity index (χ2n) is 7.05. The molecule has 1 saturated heterocycles. The fourth-order valence-electron chi connectivity index (χ4n) is 3.94. The Balaban J connectivity index is 2.88. The maximum absolute atomic E-state index is 3.92. The standard InChI is InChI=1S/C18H38N2/c1-7-12-16(6)13-20-15-17(8-2,9-3)19-14-18(20,10-4)11-5/h16,19H,7-15H2,1-6H3. The molecule has 0 bridgehead atoms. The lowest BCUT2D eigenvalue weighted by Crippen LogP contribution is -2.70. The van der Waals surface area contributed by atoms with Crippen LogP contribution in [0.4, 0.5) is 0 Å². The summed E-state index contributed by atoms with van der Waals surface area (Å²) in [4.78, 5) is 2.84. The summed E-state index contributed by atoms with van der Waals surface area (Å²) in [6.07, 6.45) is 7.68. The highest BCUT2D eigenvalue weighted by molar-refractivity contribution is 5.03. The first-order valence-corrected chi connectivity index (χ1v) is 9.01. The largest absolute Gasteiger partial charge is 0.308 e. The highest BCUT2D eigenvalue weighted by atomic mass is 15.3. The first-order chi connectivity index (χ1) is 9.51. The average molecular weight is 283 g/mol. The van der Waals surface area contributed by atoms with Crippen LogP contribution in [0, 0.1) is 5.92 Å². The van der Waals surface area contributed by atoms with Crippen molar-refractivity contribution in [2.24, 2.45) is 5.92 Å². The van der Waals surface area contributed by atoms with E-state index in [1.54, 1.807) is 0 Å². The number of rotatable bonds is 8. The minimum Gasteiger partial charge on any atom is -0.308 e. The van der Waals surface area contributed by atoms with Gasteiger partial charge in [0.2, 0.25) is 0 Å². The number of hydrogen-bond acceptors (Lipinski definition) is 2. The first kappa shape index (κ1) is 18.0. The molecule has 1 rings (SSSR count). The van der Waals surface area contributed by atoms with Gasteiger partial charge in [0.15, 0.2) is 0 Å². The predicted molar refractivity (Wildman–Crippen MR) is 90.3 cm³/mol. The molecule has 0 amide bonds. The molecule has 1 unspecified atom stereocenters. The zero-order chi connectivity index (χ0) is 15.2. The van der Waals surface area contributed by atoms with E-state index in [1.807, 2.05) is 0 Å². The zero-order valence-corrected chi connectivity index (χ0v) is 14.9. The Kier molecular flexibility index (Phi) is 7.00. The van der Waals surface area contributed by atoms with Crippen molar-refractivity contribution in [3.63, 3.8) is 0 Å². The molecule has 0 aliphatic carbocycles. The van der Waals surface area contributed by atoms with Crippen molar-refractivity contribution in [1.29, 1.82) is 0 Å². The quantitative estimate of drug-likeness (QED) is 0.708. The third-order valence-electron chi connectivity index (χ3n) is 5.94. The molecule has 0 aromatic heterocycles. The molecule has 0 spiro atoms. The van der Waals surface area contributed by atoms with Crippen molar-refractivity contribution in [3.8, 4) is 0 Å². The molecule has 0 aromatic rings. The van der Waals surface area contributed by atoms with Gasteiger partial charge in [0.25, 0.3) is 0 Å². The van der Waals surface area contributed by atoms with E-state index in [0.29, 0.717) is 11.1 Å². The molecule has 0 radical (unpaired) electrons. The second-order valence-corrected chi connectivity index (χ2v) is 7.05. The van der Waals surface area contributed by atoms with Crippen molar-refractivity contribution in [2.45, 2.75) is 91.1 Å². The molecule has 1 atom stereocenters. The molecule has 2 nitrogen and oxygen atoms in total. The first-order valence-electron chi connectivity index (χ1n) is 9.01. The van der Waals surface area contributed by atoms with Crippen molar-refractivity contribution in [1.82, 2.24) is 10.2 Å². The van der Waals surface area contributed by atoms with Gasteiger partial charge in [-0.05, 0) is 38.0 Å². The van der Waals surface area contributed by atoms with Gasteiger partial charge >= 0.3 is 0 Å². The summed E-state index contributed by atoms with van der Waals surface area (Å²) < 4.78 is 0. The number of nitrogens with zero attached hydrogens (tertiary/aromatic N) is 1. The summed E-state index contributed by atoms with van der Waals surface area (Å²) in [5.41, 5.74) is 0.732. The van der Waals surface area contributed by atoms with Gasteiger partial charge < -0.3 is 5.32 Å². The lowest BCUT2D eigenvalue weighted by molar-refractivity contribution is -0.0142. The van der Waals surface area contributed by atoms with Gasteiger partial charge in [0, 0.05) is 30.7 Å². The van der Waals surface area contributed by atoms with Crippen LogP contribution in [0.15, 0.2) is 0 Å². The molecular formula is C18H38N2. The minimum absolute atomic E-state index is 0.347. The molecule has 20 heavy (non-hydrogen) atoms. The van der Waals surface area contributed by atoms with Crippen LogP contribution in [0.2, 0.25) is 0 Å². The van der Waals surface area contributed by atoms with Gasteiger partial charge in [0.05, 0.1) is 0 Å². The topological polar surface area (TPSA) is 15.3 Å². The van der Waals surface area contributed by atoms with E-state index in [-0.39, 0.29) is 0 Å². The minimum atomic E-state index is 0.347. The molecular weight excluding hydrogens is 244 g/mol. The van der Waals surface area contributed by atoms with Crippen molar-refractivity contribution in [3.05, 3.63) is 0 Å². The summed E-state index contributed by atoms with van der Waals surface area (Å²) >= 11 is 0. The molecule has 1 aliphatic heterocycles. The number of piperazine rings is 1. The van der Waals surface area contributed by atoms with Crippen LogP contribution in [0.25, 0.3) is 0 Å². The molecule has 0 aromatic carbocycles. The van der Waals surface area contributed by atoms with Crippen molar-refractivity contribution in [2.75, 3.05) is 19.6 Å². The monoisotopic (exact) mass is 282 g/mol. The molecule has 1 N–H and O–H groups in total. The van der Waals surface area contributed by atoms with Gasteiger partial charge in [-0.25, -0.2) is 0 Å². The smallest absolute Gasteiger partial charge is 0.0329 e. The van der Waals surface area contributed by atoms with Crippen LogP contribution >= 0.6 is 0 Å². The van der Waals surface area contributed by atoms with Crippen LogP contribution in [-0.2, 0) is 0 Å². The highest BCUT2D eigenvalue weighted by Gasteiger charge is 2.44. The zero-order valence-electron chi connectivity index (χ0n) is 14.9. The molecule has 2 heteroatoms. The third-order valence-corrected chi connectivity index (χ3v) is 5.94. The van der Waals surface area contributed by atoms with Gasteiger partial charge in [-0.2, -0.15) is 0 Å². The summed E-state index contributed by atoms with van der Waals surface area (Å²) in [6.45, 7) is 17.8. The Morgan fingerprint density at radius 2 is 1.60 bits per heavy atom. The second kappa shape index (κ2) is 7.79. The Hall–Kier alpha value is -0.0800. The maximum Gasteiger partial charge on any atom is 0.0329 e. The SMILES string of the molecule is CCCC(C)CN1CC(CC)(CC)NCC1(CC)CC. The van der Waals surface area contributed by atoms with Gasteiger partial charge in [0.1, 0.15) is 0 Å². The fourth-order valence-corrected chi connectivity index (χ4v) is 3.94. The summed E-state index contributed by atoms with van der Waals surface area (Å²) in [5, 5.41) is 3.92. The Morgan fingerprint density at radius 1 is 1.00 bits per heavy atom. The van der Waals surface area contributed by atoms with E-state index >= 15 is 0 Å². The third kappa shape index (κ3) is 3.76. The van der Waals surface area contributed by atoms with E-state index in [1.165, 1.54) is 58.2 Å². The Bertz CT molecular complexity index is 267. The fraction of sp³-hybridized carbons (Fsp3) is 1.00. The van der Waals surface area contributed by atoms with E-state index in [9.17, 15) is 0 Å². The normalized spacial score (nSPS) is 23.7. The lowest BCUT2D eigenvalue weighted by atomic mass is 9.80. The summed E-state index contributed by atoms with van der Waals surface area (Å²) in [6, 6.07) is 0. The summed E-state index contributed by atoms with van der Waals surface area (Å²) in [5.74, 6) is 0.821. The van der Waals surface area contributed by atoms with Crippen molar-refractivity contribution < 1.29 is 0 Å². The molecule has 120 valence electrons. The lowest BCUT2D eigenvalue weighted by Gasteiger charge is -2.55. The van der Waals surface area contributed by atoms with E-state index in [0.717, 1.165) is 5.92 Å². The predicted octanol–water partition coefficient (Wildman–Crippen LogP) is 4.45. The van der Waals surface area contributed by atoms with Crippen LogP contribution < -0.4 is 5.32 Å². The maximum atomic E-state index is 3.92. The van der Waals surface area contributed by atoms with E-state index in [2.05, 4.69) is 51.8 Å². The van der Waals surface area contributed by atoms with Crippen LogP contribution in [0.1, 0.15) is 80.1 Å².